The van der Waals surface area contributed by atoms with Crippen molar-refractivity contribution in [3.05, 3.63) is 29.6 Å². The maximum atomic E-state index is 13.4. The highest BCUT2D eigenvalue weighted by molar-refractivity contribution is 5.89. The van der Waals surface area contributed by atoms with Crippen molar-refractivity contribution >= 4 is 11.7 Å². The first-order chi connectivity index (χ1) is 7.52. The zero-order valence-electron chi connectivity index (χ0n) is 9.80. The van der Waals surface area contributed by atoms with Gasteiger partial charge >= 0.3 is 6.03 Å². The van der Waals surface area contributed by atoms with Crippen molar-refractivity contribution in [3.63, 3.8) is 0 Å². The highest BCUT2D eigenvalue weighted by atomic mass is 19.1. The van der Waals surface area contributed by atoms with Crippen LogP contribution in [0.15, 0.2) is 18.2 Å². The van der Waals surface area contributed by atoms with Gasteiger partial charge in [-0.1, -0.05) is 13.0 Å². The van der Waals surface area contributed by atoms with Crippen molar-refractivity contribution in [2.75, 3.05) is 5.32 Å². The smallest absolute Gasteiger partial charge is 0.319 e. The van der Waals surface area contributed by atoms with Crippen LogP contribution in [-0.4, -0.2) is 12.1 Å². The van der Waals surface area contributed by atoms with Crippen LogP contribution in [0, 0.1) is 12.7 Å². The quantitative estimate of drug-likeness (QED) is 0.814. The Morgan fingerprint density at radius 1 is 1.50 bits per heavy atom. The summed E-state index contributed by atoms with van der Waals surface area (Å²) in [5, 5.41) is 5.18. The predicted molar refractivity (Wildman–Crippen MR) is 63.0 cm³/mol. The number of urea groups is 1. The van der Waals surface area contributed by atoms with Gasteiger partial charge in [0.1, 0.15) is 5.82 Å². The lowest BCUT2D eigenvalue weighted by Crippen LogP contribution is -2.35. The number of carbonyl (C=O) groups is 1. The lowest BCUT2D eigenvalue weighted by molar-refractivity contribution is 0.249. The van der Waals surface area contributed by atoms with Crippen molar-refractivity contribution in [3.8, 4) is 0 Å². The van der Waals surface area contributed by atoms with Gasteiger partial charge in [-0.05, 0) is 38.0 Å². The number of carbonyl (C=O) groups excluding carboxylic acids is 1. The molecule has 2 N–H and O–H groups in total. The van der Waals surface area contributed by atoms with Crippen LogP contribution >= 0.6 is 0 Å². The minimum Gasteiger partial charge on any atom is -0.335 e. The van der Waals surface area contributed by atoms with Gasteiger partial charge < -0.3 is 10.6 Å². The summed E-state index contributed by atoms with van der Waals surface area (Å²) in [6, 6.07) is 4.40. The van der Waals surface area contributed by atoms with Crippen LogP contribution < -0.4 is 10.6 Å². The number of amides is 2. The third-order valence-corrected chi connectivity index (χ3v) is 2.36. The monoisotopic (exact) mass is 224 g/mol. The van der Waals surface area contributed by atoms with Gasteiger partial charge in [-0.3, -0.25) is 0 Å². The number of benzene rings is 1. The molecule has 1 aromatic carbocycles. The van der Waals surface area contributed by atoms with E-state index in [4.69, 9.17) is 0 Å². The number of hydrogen-bond acceptors (Lipinski definition) is 1. The molecule has 0 aliphatic rings. The molecule has 0 aliphatic carbocycles. The van der Waals surface area contributed by atoms with E-state index in [0.717, 1.165) is 12.0 Å². The van der Waals surface area contributed by atoms with Gasteiger partial charge in [-0.25, -0.2) is 9.18 Å². The van der Waals surface area contributed by atoms with Gasteiger partial charge in [0.25, 0.3) is 0 Å². The molecule has 4 heteroatoms. The summed E-state index contributed by atoms with van der Waals surface area (Å²) >= 11 is 0. The summed E-state index contributed by atoms with van der Waals surface area (Å²) in [6.07, 6.45) is 0.837. The molecule has 0 heterocycles. The molecule has 0 aromatic heterocycles. The van der Waals surface area contributed by atoms with Crippen LogP contribution in [0.4, 0.5) is 14.9 Å². The van der Waals surface area contributed by atoms with Gasteiger partial charge in [-0.15, -0.1) is 0 Å². The Hall–Kier alpha value is -1.58. The molecule has 1 unspecified atom stereocenters. The number of anilines is 1. The van der Waals surface area contributed by atoms with Crippen molar-refractivity contribution < 1.29 is 9.18 Å². The second-order valence-corrected chi connectivity index (χ2v) is 3.89. The van der Waals surface area contributed by atoms with Gasteiger partial charge in [0.05, 0.1) is 5.69 Å². The lowest BCUT2D eigenvalue weighted by atomic mass is 10.2. The fourth-order valence-corrected chi connectivity index (χ4v) is 1.21. The molecule has 1 atom stereocenters. The lowest BCUT2D eigenvalue weighted by Gasteiger charge is -2.13. The number of rotatable bonds is 3. The van der Waals surface area contributed by atoms with E-state index < -0.39 is 5.82 Å². The molecular weight excluding hydrogens is 207 g/mol. The van der Waals surface area contributed by atoms with Crippen molar-refractivity contribution in [1.29, 1.82) is 0 Å². The molecule has 1 aromatic rings. The Kier molecular flexibility index (Phi) is 4.28. The minimum atomic E-state index is -0.417. The van der Waals surface area contributed by atoms with E-state index in [9.17, 15) is 9.18 Å². The summed E-state index contributed by atoms with van der Waals surface area (Å²) in [7, 11) is 0. The number of halogens is 1. The van der Waals surface area contributed by atoms with E-state index in [-0.39, 0.29) is 17.8 Å². The summed E-state index contributed by atoms with van der Waals surface area (Å²) in [5.41, 5.74) is 1.02. The Morgan fingerprint density at radius 2 is 2.19 bits per heavy atom. The van der Waals surface area contributed by atoms with Gasteiger partial charge in [0.15, 0.2) is 0 Å². The molecule has 0 fully saturated rings. The van der Waals surface area contributed by atoms with Crippen LogP contribution in [0.5, 0.6) is 0 Å². The van der Waals surface area contributed by atoms with Crippen LogP contribution in [0.2, 0.25) is 0 Å². The molecule has 0 saturated heterocycles. The summed E-state index contributed by atoms with van der Waals surface area (Å²) < 4.78 is 13.4. The number of nitrogens with one attached hydrogen (secondary N) is 2. The van der Waals surface area contributed by atoms with Gasteiger partial charge in [0.2, 0.25) is 0 Å². The molecule has 0 spiro atoms. The Balaban J connectivity index is 2.63. The molecule has 1 rings (SSSR count). The summed E-state index contributed by atoms with van der Waals surface area (Å²) in [5.74, 6) is -0.417. The maximum absolute atomic E-state index is 13.4. The standard InChI is InChI=1S/C12H17FN2O/c1-4-9(3)14-12(16)15-11-6-5-8(2)7-10(11)13/h5-7,9H,4H2,1-3H3,(H2,14,15,16). The van der Waals surface area contributed by atoms with E-state index >= 15 is 0 Å². The molecule has 0 saturated carbocycles. The van der Waals surface area contributed by atoms with Crippen LogP contribution in [-0.2, 0) is 0 Å². The van der Waals surface area contributed by atoms with E-state index in [2.05, 4.69) is 10.6 Å². The molecule has 0 bridgehead atoms. The zero-order chi connectivity index (χ0) is 12.1. The Labute approximate surface area is 95.0 Å². The second kappa shape index (κ2) is 5.49. The third kappa shape index (κ3) is 3.53. The molecular formula is C12H17FN2O. The molecule has 0 radical (unpaired) electrons. The maximum Gasteiger partial charge on any atom is 0.319 e. The topological polar surface area (TPSA) is 41.1 Å². The molecule has 2 amide bonds. The predicted octanol–water partition coefficient (Wildman–Crippen LogP) is 3.05. The van der Waals surface area contributed by atoms with Crippen LogP contribution in [0.25, 0.3) is 0 Å². The van der Waals surface area contributed by atoms with E-state index in [0.29, 0.717) is 0 Å². The third-order valence-electron chi connectivity index (χ3n) is 2.36. The van der Waals surface area contributed by atoms with Crippen molar-refractivity contribution in [2.45, 2.75) is 33.2 Å². The van der Waals surface area contributed by atoms with Crippen molar-refractivity contribution in [1.82, 2.24) is 5.32 Å². The average Bonchev–Trinajstić information content (AvgIpc) is 2.22. The zero-order valence-corrected chi connectivity index (χ0v) is 9.80. The van der Waals surface area contributed by atoms with Gasteiger partial charge in [0, 0.05) is 6.04 Å². The first-order valence-electron chi connectivity index (χ1n) is 5.36. The average molecular weight is 224 g/mol. The minimum absolute atomic E-state index is 0.0773. The molecule has 88 valence electrons. The van der Waals surface area contributed by atoms with E-state index in [1.807, 2.05) is 13.8 Å². The van der Waals surface area contributed by atoms with E-state index in [1.165, 1.54) is 6.07 Å². The normalized spacial score (nSPS) is 12.0. The first-order valence-corrected chi connectivity index (χ1v) is 5.36. The number of aryl methyl sites for hydroxylation is 1. The fraction of sp³-hybridized carbons (Fsp3) is 0.417. The molecule has 3 nitrogen and oxygen atoms in total. The van der Waals surface area contributed by atoms with E-state index in [1.54, 1.807) is 19.1 Å². The summed E-state index contributed by atoms with van der Waals surface area (Å²) in [4.78, 5) is 11.4. The SMILES string of the molecule is CCC(C)NC(=O)Nc1ccc(C)cc1F. The largest absolute Gasteiger partial charge is 0.335 e. The van der Waals surface area contributed by atoms with Crippen LogP contribution in [0.1, 0.15) is 25.8 Å². The highest BCUT2D eigenvalue weighted by Crippen LogP contribution is 2.14. The number of hydrogen-bond donors (Lipinski definition) is 2. The first kappa shape index (κ1) is 12.5. The van der Waals surface area contributed by atoms with Crippen LogP contribution in [0.3, 0.4) is 0 Å². The molecule has 0 aliphatic heterocycles. The van der Waals surface area contributed by atoms with Crippen molar-refractivity contribution in [2.24, 2.45) is 0 Å². The second-order valence-electron chi connectivity index (χ2n) is 3.89. The fourth-order valence-electron chi connectivity index (χ4n) is 1.21. The van der Waals surface area contributed by atoms with Gasteiger partial charge in [-0.2, -0.15) is 0 Å². The summed E-state index contributed by atoms with van der Waals surface area (Å²) in [6.45, 7) is 5.66. The molecule has 16 heavy (non-hydrogen) atoms. The Bertz CT molecular complexity index is 379. The Morgan fingerprint density at radius 3 is 2.75 bits per heavy atom. The highest BCUT2D eigenvalue weighted by Gasteiger charge is 2.08.